The molecule has 1 unspecified atom stereocenters. The van der Waals surface area contributed by atoms with Crippen molar-refractivity contribution < 1.29 is 14.7 Å². The Morgan fingerprint density at radius 2 is 1.50 bits per heavy atom. The van der Waals surface area contributed by atoms with Gasteiger partial charge in [0.1, 0.15) is 0 Å². The van der Waals surface area contributed by atoms with E-state index in [9.17, 15) is 14.4 Å². The molecule has 5 aromatic rings. The molecular weight excluding hydrogens is 574 g/mol. The van der Waals surface area contributed by atoms with Crippen LogP contribution >= 0.6 is 11.6 Å². The fourth-order valence-corrected chi connectivity index (χ4v) is 6.29. The molecule has 4 aromatic carbocycles. The van der Waals surface area contributed by atoms with Crippen molar-refractivity contribution in [2.24, 2.45) is 5.92 Å². The molecule has 1 aliphatic rings. The Morgan fingerprint density at radius 3 is 2.16 bits per heavy atom. The van der Waals surface area contributed by atoms with Crippen molar-refractivity contribution in [3.8, 4) is 11.3 Å². The lowest BCUT2D eigenvalue weighted by atomic mass is 9.83. The van der Waals surface area contributed by atoms with Crippen molar-refractivity contribution in [3.05, 3.63) is 135 Å². The van der Waals surface area contributed by atoms with Crippen LogP contribution in [0.1, 0.15) is 58.6 Å². The Bertz CT molecular complexity index is 1860. The minimum Gasteiger partial charge on any atom is -0.478 e. The van der Waals surface area contributed by atoms with E-state index in [0.29, 0.717) is 22.6 Å². The minimum atomic E-state index is -0.978. The van der Waals surface area contributed by atoms with Gasteiger partial charge in [0.05, 0.1) is 29.1 Å². The molecule has 0 radical (unpaired) electrons. The smallest absolute Gasteiger partial charge is 0.335 e. The first-order chi connectivity index (χ1) is 21.4. The quantitative estimate of drug-likeness (QED) is 0.187. The zero-order valence-electron chi connectivity index (χ0n) is 24.1. The largest absolute Gasteiger partial charge is 0.478 e. The van der Waals surface area contributed by atoms with E-state index in [1.165, 1.54) is 4.68 Å². The highest BCUT2D eigenvalue weighted by molar-refractivity contribution is 6.30. The van der Waals surface area contributed by atoms with Crippen LogP contribution in [-0.4, -0.2) is 26.8 Å². The number of nitrogens with zero attached hydrogens (tertiary/aromatic N) is 2. The fraction of sp³-hybridized carbons (Fsp3) is 0.222. The molecule has 6 rings (SSSR count). The molecule has 0 spiro atoms. The summed E-state index contributed by atoms with van der Waals surface area (Å²) in [6.45, 7) is 0.615. The number of aromatic nitrogens is 2. The van der Waals surface area contributed by atoms with Gasteiger partial charge in [-0.25, -0.2) is 9.48 Å². The molecule has 1 atom stereocenters. The second kappa shape index (κ2) is 12.9. The molecule has 1 saturated carbocycles. The van der Waals surface area contributed by atoms with E-state index in [0.717, 1.165) is 53.3 Å². The second-order valence-corrected chi connectivity index (χ2v) is 11.8. The van der Waals surface area contributed by atoms with Gasteiger partial charge in [0.2, 0.25) is 5.91 Å². The topological polar surface area (TPSA) is 101 Å². The number of hydrogen-bond acceptors (Lipinski definition) is 4. The second-order valence-electron chi connectivity index (χ2n) is 11.3. The summed E-state index contributed by atoms with van der Waals surface area (Å²) < 4.78 is 1.50. The van der Waals surface area contributed by atoms with Crippen molar-refractivity contribution in [1.82, 2.24) is 15.1 Å². The third kappa shape index (κ3) is 6.29. The molecule has 44 heavy (non-hydrogen) atoms. The maximum Gasteiger partial charge on any atom is 0.335 e. The summed E-state index contributed by atoms with van der Waals surface area (Å²) in [5, 5.41) is 19.0. The highest BCUT2D eigenvalue weighted by Gasteiger charge is 2.32. The predicted molar refractivity (Wildman–Crippen MR) is 172 cm³/mol. The van der Waals surface area contributed by atoms with Gasteiger partial charge in [-0.2, -0.15) is 5.10 Å². The third-order valence-corrected chi connectivity index (χ3v) is 8.73. The molecule has 1 aromatic heterocycles. The first kappa shape index (κ1) is 29.3. The van der Waals surface area contributed by atoms with Gasteiger partial charge >= 0.3 is 5.97 Å². The van der Waals surface area contributed by atoms with Crippen molar-refractivity contribution in [2.75, 3.05) is 0 Å². The van der Waals surface area contributed by atoms with Crippen molar-refractivity contribution in [2.45, 2.75) is 44.7 Å². The summed E-state index contributed by atoms with van der Waals surface area (Å²) in [6.07, 6.45) is 4.21. The first-order valence-electron chi connectivity index (χ1n) is 14.8. The van der Waals surface area contributed by atoms with Crippen LogP contribution in [0.3, 0.4) is 0 Å². The van der Waals surface area contributed by atoms with Gasteiger partial charge in [0.15, 0.2) is 0 Å². The Kier molecular flexibility index (Phi) is 8.57. The lowest BCUT2D eigenvalue weighted by Crippen LogP contribution is -2.32. The molecule has 0 saturated heterocycles. The molecule has 1 heterocycles. The zero-order chi connectivity index (χ0) is 30.6. The molecule has 7 nitrogen and oxygen atoms in total. The zero-order valence-corrected chi connectivity index (χ0v) is 24.8. The third-order valence-electron chi connectivity index (χ3n) is 8.48. The van der Waals surface area contributed by atoms with E-state index in [1.807, 2.05) is 72.8 Å². The summed E-state index contributed by atoms with van der Waals surface area (Å²) in [6, 6.07) is 29.4. The van der Waals surface area contributed by atoms with E-state index >= 15 is 0 Å². The number of carboxylic acids is 1. The van der Waals surface area contributed by atoms with Crippen LogP contribution in [0.5, 0.6) is 0 Å². The molecule has 0 bridgehead atoms. The van der Waals surface area contributed by atoms with Crippen LogP contribution in [0.25, 0.3) is 22.0 Å². The SMILES string of the molecule is O=C(O)c1ccc(CNC(=O)C(c2ccc(Cn3nc(-c4ccc(Cl)cc4)c4ccccc4c3=O)cc2)C2CCCC2)cc1. The van der Waals surface area contributed by atoms with E-state index in [-0.39, 0.29) is 35.4 Å². The summed E-state index contributed by atoms with van der Waals surface area (Å²) >= 11 is 6.12. The fourth-order valence-electron chi connectivity index (χ4n) is 6.16. The average Bonchev–Trinajstić information content (AvgIpc) is 3.57. The maximum absolute atomic E-state index is 13.5. The minimum absolute atomic E-state index is 0.0352. The van der Waals surface area contributed by atoms with Crippen LogP contribution in [0.4, 0.5) is 0 Å². The average molecular weight is 606 g/mol. The number of aromatic carboxylic acids is 1. The van der Waals surface area contributed by atoms with Crippen molar-refractivity contribution in [1.29, 1.82) is 0 Å². The van der Waals surface area contributed by atoms with Gasteiger partial charge in [-0.15, -0.1) is 0 Å². The molecule has 1 aliphatic carbocycles. The molecule has 0 aliphatic heterocycles. The van der Waals surface area contributed by atoms with Crippen LogP contribution in [0.15, 0.2) is 102 Å². The van der Waals surface area contributed by atoms with Gasteiger partial charge in [-0.05, 0) is 65.8 Å². The highest BCUT2D eigenvalue weighted by atomic mass is 35.5. The van der Waals surface area contributed by atoms with Gasteiger partial charge in [-0.3, -0.25) is 9.59 Å². The molecular formula is C36H32ClN3O4. The first-order valence-corrected chi connectivity index (χ1v) is 15.2. The Balaban J connectivity index is 1.24. The predicted octanol–water partition coefficient (Wildman–Crippen LogP) is 7.05. The number of carbonyl (C=O) groups excluding carboxylic acids is 1. The van der Waals surface area contributed by atoms with Crippen LogP contribution in [0.2, 0.25) is 5.02 Å². The number of fused-ring (bicyclic) bond motifs is 1. The van der Waals surface area contributed by atoms with Crippen LogP contribution < -0.4 is 10.9 Å². The number of benzene rings is 4. The van der Waals surface area contributed by atoms with Crippen molar-refractivity contribution in [3.63, 3.8) is 0 Å². The van der Waals surface area contributed by atoms with E-state index < -0.39 is 5.97 Å². The summed E-state index contributed by atoms with van der Waals surface area (Å²) in [5.41, 5.74) is 4.33. The number of carbonyl (C=O) groups is 2. The van der Waals surface area contributed by atoms with Crippen LogP contribution in [-0.2, 0) is 17.9 Å². The lowest BCUT2D eigenvalue weighted by molar-refractivity contribution is -0.123. The Hall–Kier alpha value is -4.75. The highest BCUT2D eigenvalue weighted by Crippen LogP contribution is 2.38. The van der Waals surface area contributed by atoms with Crippen LogP contribution in [0, 0.1) is 5.92 Å². The maximum atomic E-state index is 13.5. The summed E-state index contributed by atoms with van der Waals surface area (Å²) in [4.78, 5) is 38.2. The normalized spacial score (nSPS) is 14.0. The number of halogens is 1. The standard InChI is InChI=1S/C36H32ClN3O4/c37-29-19-17-27(18-20-29)33-30-7-3-4-8-31(30)35(42)40(39-33)22-24-11-13-26(14-12-24)32(25-5-1-2-6-25)34(41)38-21-23-9-15-28(16-10-23)36(43)44/h3-4,7-20,25,32H,1-2,5-6,21-22H2,(H,38,41)(H,43,44). The van der Waals surface area contributed by atoms with Gasteiger partial charge in [-0.1, -0.05) is 91.2 Å². The Labute approximate surface area is 260 Å². The number of nitrogens with one attached hydrogen (secondary N) is 1. The van der Waals surface area contributed by atoms with Gasteiger partial charge in [0.25, 0.3) is 5.56 Å². The van der Waals surface area contributed by atoms with Gasteiger partial charge < -0.3 is 10.4 Å². The van der Waals surface area contributed by atoms with Crippen molar-refractivity contribution >= 4 is 34.2 Å². The molecule has 222 valence electrons. The summed E-state index contributed by atoms with van der Waals surface area (Å²) in [5.74, 6) is -1.05. The van der Waals surface area contributed by atoms with E-state index in [1.54, 1.807) is 24.3 Å². The molecule has 8 heteroatoms. The number of rotatable bonds is 9. The monoisotopic (exact) mass is 605 g/mol. The molecule has 2 N–H and O–H groups in total. The lowest BCUT2D eigenvalue weighted by Gasteiger charge is -2.23. The number of hydrogen-bond donors (Lipinski definition) is 2. The summed E-state index contributed by atoms with van der Waals surface area (Å²) in [7, 11) is 0. The van der Waals surface area contributed by atoms with E-state index in [2.05, 4.69) is 5.32 Å². The Morgan fingerprint density at radius 1 is 0.864 bits per heavy atom. The number of amides is 1. The number of carboxylic acid groups (broad SMARTS) is 1. The van der Waals surface area contributed by atoms with Gasteiger partial charge in [0, 0.05) is 22.5 Å². The molecule has 1 amide bonds. The molecule has 1 fully saturated rings. The van der Waals surface area contributed by atoms with E-state index in [4.69, 9.17) is 21.8 Å².